The summed E-state index contributed by atoms with van der Waals surface area (Å²) in [5.41, 5.74) is 1.24. The van der Waals surface area contributed by atoms with E-state index in [1.807, 2.05) is 19.1 Å². The first-order valence-corrected chi connectivity index (χ1v) is 7.88. The molecule has 0 amide bonds. The third-order valence-corrected chi connectivity index (χ3v) is 3.88. The van der Waals surface area contributed by atoms with Crippen LogP contribution in [-0.2, 0) is 4.74 Å². The van der Waals surface area contributed by atoms with Gasteiger partial charge in [-0.25, -0.2) is 0 Å². The number of hydrogen-bond donors (Lipinski definition) is 1. The van der Waals surface area contributed by atoms with E-state index in [-0.39, 0.29) is 0 Å². The molecule has 1 N–H and O–H groups in total. The van der Waals surface area contributed by atoms with Gasteiger partial charge in [0.1, 0.15) is 5.75 Å². The van der Waals surface area contributed by atoms with E-state index >= 15 is 0 Å². The molecule has 1 fully saturated rings. The van der Waals surface area contributed by atoms with Crippen molar-refractivity contribution in [3.05, 3.63) is 29.8 Å². The summed E-state index contributed by atoms with van der Waals surface area (Å²) in [4.78, 5) is 0. The molecule has 0 saturated carbocycles. The third-order valence-electron chi connectivity index (χ3n) is 3.88. The van der Waals surface area contributed by atoms with E-state index in [1.165, 1.54) is 24.8 Å². The van der Waals surface area contributed by atoms with Gasteiger partial charge in [0, 0.05) is 18.2 Å². The lowest BCUT2D eigenvalue weighted by Crippen LogP contribution is -2.27. The van der Waals surface area contributed by atoms with Crippen molar-refractivity contribution in [1.29, 1.82) is 0 Å². The Labute approximate surface area is 122 Å². The Morgan fingerprint density at radius 1 is 1.35 bits per heavy atom. The largest absolute Gasteiger partial charge is 0.494 e. The van der Waals surface area contributed by atoms with Crippen LogP contribution in [0.1, 0.15) is 51.1 Å². The fourth-order valence-electron chi connectivity index (χ4n) is 2.73. The van der Waals surface area contributed by atoms with Crippen LogP contribution in [0.4, 0.5) is 0 Å². The van der Waals surface area contributed by atoms with E-state index in [9.17, 15) is 0 Å². The second-order valence-corrected chi connectivity index (χ2v) is 5.42. The molecule has 1 heterocycles. The van der Waals surface area contributed by atoms with Gasteiger partial charge >= 0.3 is 0 Å². The van der Waals surface area contributed by atoms with Crippen molar-refractivity contribution < 1.29 is 9.47 Å². The minimum atomic E-state index is 0.307. The van der Waals surface area contributed by atoms with Crippen molar-refractivity contribution in [2.45, 2.75) is 51.7 Å². The molecule has 0 radical (unpaired) electrons. The number of ether oxygens (including phenoxy) is 2. The SMILES string of the molecule is CCOc1ccccc1C(C)NCCC1CCCCO1. The summed E-state index contributed by atoms with van der Waals surface area (Å²) >= 11 is 0. The second kappa shape index (κ2) is 8.28. The molecule has 1 aliphatic heterocycles. The van der Waals surface area contributed by atoms with Gasteiger partial charge in [-0.2, -0.15) is 0 Å². The van der Waals surface area contributed by atoms with E-state index in [2.05, 4.69) is 24.4 Å². The van der Waals surface area contributed by atoms with Crippen LogP contribution < -0.4 is 10.1 Å². The molecule has 3 nitrogen and oxygen atoms in total. The predicted molar refractivity (Wildman–Crippen MR) is 82.2 cm³/mol. The van der Waals surface area contributed by atoms with Gasteiger partial charge in [-0.3, -0.25) is 0 Å². The summed E-state index contributed by atoms with van der Waals surface area (Å²) in [6.07, 6.45) is 5.30. The third kappa shape index (κ3) is 4.50. The molecule has 1 saturated heterocycles. The van der Waals surface area contributed by atoms with Crippen molar-refractivity contribution in [3.8, 4) is 5.75 Å². The average Bonchev–Trinajstić information content (AvgIpc) is 2.49. The van der Waals surface area contributed by atoms with Crippen LogP contribution in [0.5, 0.6) is 5.75 Å². The molecular formula is C17H27NO2. The summed E-state index contributed by atoms with van der Waals surface area (Å²) < 4.78 is 11.5. The quantitative estimate of drug-likeness (QED) is 0.824. The van der Waals surface area contributed by atoms with Gasteiger partial charge in [0.2, 0.25) is 0 Å². The van der Waals surface area contributed by atoms with E-state index < -0.39 is 0 Å². The molecule has 1 aromatic carbocycles. The van der Waals surface area contributed by atoms with E-state index in [0.29, 0.717) is 18.8 Å². The smallest absolute Gasteiger partial charge is 0.124 e. The topological polar surface area (TPSA) is 30.5 Å². The minimum Gasteiger partial charge on any atom is -0.494 e. The molecule has 0 aliphatic carbocycles. The summed E-state index contributed by atoms with van der Waals surface area (Å²) in [5.74, 6) is 0.990. The highest BCUT2D eigenvalue weighted by Gasteiger charge is 2.15. The fraction of sp³-hybridized carbons (Fsp3) is 0.647. The van der Waals surface area contributed by atoms with Crippen LogP contribution in [0.3, 0.4) is 0 Å². The van der Waals surface area contributed by atoms with Gasteiger partial charge in [0.15, 0.2) is 0 Å². The summed E-state index contributed by atoms with van der Waals surface area (Å²) in [7, 11) is 0. The van der Waals surface area contributed by atoms with Crippen molar-refractivity contribution in [3.63, 3.8) is 0 Å². The first kappa shape index (κ1) is 15.3. The molecular weight excluding hydrogens is 250 g/mol. The van der Waals surface area contributed by atoms with E-state index in [0.717, 1.165) is 25.3 Å². The Hall–Kier alpha value is -1.06. The standard InChI is InChI=1S/C17H27NO2/c1-3-19-17-10-5-4-9-16(17)14(2)18-12-11-15-8-6-7-13-20-15/h4-5,9-10,14-15,18H,3,6-8,11-13H2,1-2H3. The molecule has 0 aromatic heterocycles. The highest BCUT2D eigenvalue weighted by molar-refractivity contribution is 5.35. The zero-order valence-electron chi connectivity index (χ0n) is 12.7. The normalized spacial score (nSPS) is 20.6. The molecule has 20 heavy (non-hydrogen) atoms. The van der Waals surface area contributed by atoms with Gasteiger partial charge in [0.25, 0.3) is 0 Å². The lowest BCUT2D eigenvalue weighted by molar-refractivity contribution is 0.0112. The van der Waals surface area contributed by atoms with Gasteiger partial charge in [-0.15, -0.1) is 0 Å². The molecule has 2 unspecified atom stereocenters. The molecule has 3 heteroatoms. The minimum absolute atomic E-state index is 0.307. The summed E-state index contributed by atoms with van der Waals surface area (Å²) in [6.45, 7) is 6.86. The monoisotopic (exact) mass is 277 g/mol. The molecule has 2 atom stereocenters. The van der Waals surface area contributed by atoms with Crippen LogP contribution in [0, 0.1) is 0 Å². The molecule has 1 aliphatic rings. The lowest BCUT2D eigenvalue weighted by atomic mass is 10.0. The second-order valence-electron chi connectivity index (χ2n) is 5.42. The first-order chi connectivity index (χ1) is 9.81. The van der Waals surface area contributed by atoms with E-state index in [1.54, 1.807) is 0 Å². The highest BCUT2D eigenvalue weighted by atomic mass is 16.5. The summed E-state index contributed by atoms with van der Waals surface area (Å²) in [6, 6.07) is 8.58. The van der Waals surface area contributed by atoms with Gasteiger partial charge in [-0.1, -0.05) is 18.2 Å². The predicted octanol–water partition coefficient (Wildman–Crippen LogP) is 3.70. The first-order valence-electron chi connectivity index (χ1n) is 7.88. The summed E-state index contributed by atoms with van der Waals surface area (Å²) in [5, 5.41) is 3.59. The molecule has 2 rings (SSSR count). The van der Waals surface area contributed by atoms with Gasteiger partial charge in [-0.05, 0) is 52.1 Å². The van der Waals surface area contributed by atoms with Gasteiger partial charge < -0.3 is 14.8 Å². The highest BCUT2D eigenvalue weighted by Crippen LogP contribution is 2.25. The number of para-hydroxylation sites is 1. The van der Waals surface area contributed by atoms with Crippen LogP contribution in [0.25, 0.3) is 0 Å². The lowest BCUT2D eigenvalue weighted by Gasteiger charge is -2.24. The van der Waals surface area contributed by atoms with Crippen LogP contribution in [0.2, 0.25) is 0 Å². The van der Waals surface area contributed by atoms with Crippen molar-refractivity contribution in [2.75, 3.05) is 19.8 Å². The Morgan fingerprint density at radius 3 is 2.95 bits per heavy atom. The zero-order valence-corrected chi connectivity index (χ0v) is 12.7. The Kier molecular flexibility index (Phi) is 6.34. The maximum atomic E-state index is 5.76. The Morgan fingerprint density at radius 2 is 2.20 bits per heavy atom. The molecule has 0 bridgehead atoms. The fourth-order valence-corrected chi connectivity index (χ4v) is 2.73. The van der Waals surface area contributed by atoms with Crippen LogP contribution in [-0.4, -0.2) is 25.9 Å². The molecule has 1 aromatic rings. The average molecular weight is 277 g/mol. The van der Waals surface area contributed by atoms with Crippen molar-refractivity contribution in [2.24, 2.45) is 0 Å². The maximum Gasteiger partial charge on any atom is 0.124 e. The molecule has 112 valence electrons. The number of rotatable bonds is 7. The number of hydrogen-bond acceptors (Lipinski definition) is 3. The molecule has 0 spiro atoms. The van der Waals surface area contributed by atoms with Gasteiger partial charge in [0.05, 0.1) is 12.7 Å². The maximum absolute atomic E-state index is 5.76. The van der Waals surface area contributed by atoms with Crippen molar-refractivity contribution in [1.82, 2.24) is 5.32 Å². The van der Waals surface area contributed by atoms with E-state index in [4.69, 9.17) is 9.47 Å². The zero-order chi connectivity index (χ0) is 14.2. The number of nitrogens with one attached hydrogen (secondary N) is 1. The van der Waals surface area contributed by atoms with Crippen molar-refractivity contribution >= 4 is 0 Å². The Bertz CT molecular complexity index is 388. The Balaban J connectivity index is 1.80. The van der Waals surface area contributed by atoms with Crippen LogP contribution in [0.15, 0.2) is 24.3 Å². The van der Waals surface area contributed by atoms with Crippen LogP contribution >= 0.6 is 0 Å². The number of benzene rings is 1.